The van der Waals surface area contributed by atoms with Crippen molar-refractivity contribution in [2.45, 2.75) is 26.2 Å². The highest BCUT2D eigenvalue weighted by atomic mass is 79.9. The van der Waals surface area contributed by atoms with E-state index in [0.717, 1.165) is 29.3 Å². The van der Waals surface area contributed by atoms with Gasteiger partial charge in [-0.2, -0.15) is 5.26 Å². The van der Waals surface area contributed by atoms with Gasteiger partial charge in [0.25, 0.3) is 5.91 Å². The first-order chi connectivity index (χ1) is 11.5. The Balaban J connectivity index is 1.87. The molecule has 0 saturated heterocycles. The first-order valence-corrected chi connectivity index (χ1v) is 9.34. The Morgan fingerprint density at radius 1 is 1.50 bits per heavy atom. The van der Waals surface area contributed by atoms with Crippen molar-refractivity contribution in [1.82, 2.24) is 0 Å². The summed E-state index contributed by atoms with van der Waals surface area (Å²) >= 11 is 4.92. The van der Waals surface area contributed by atoms with Crippen LogP contribution < -0.4 is 10.1 Å². The number of thiophene rings is 1. The van der Waals surface area contributed by atoms with Gasteiger partial charge in [0, 0.05) is 10.4 Å². The van der Waals surface area contributed by atoms with Gasteiger partial charge in [-0.05, 0) is 64.9 Å². The standard InChI is InChI=1S/C18H17BrN2O2S/c1-10-3-5-12-13(9-20)18(24-16(12)7-10)21-17(22)11-4-6-15(23-2)14(19)8-11/h4,6,8,10H,3,5,7H2,1-2H3,(H,21,22). The van der Waals surface area contributed by atoms with Crippen molar-refractivity contribution in [3.8, 4) is 11.8 Å². The van der Waals surface area contributed by atoms with Crippen LogP contribution in [-0.2, 0) is 12.8 Å². The van der Waals surface area contributed by atoms with Crippen molar-refractivity contribution in [1.29, 1.82) is 5.26 Å². The molecule has 3 rings (SSSR count). The van der Waals surface area contributed by atoms with Crippen molar-refractivity contribution in [3.05, 3.63) is 44.2 Å². The SMILES string of the molecule is COc1ccc(C(=O)Nc2sc3c(c2C#N)CCC(C)C3)cc1Br. The summed E-state index contributed by atoms with van der Waals surface area (Å²) in [5.74, 6) is 1.08. The second kappa shape index (κ2) is 6.96. The molecule has 1 N–H and O–H groups in total. The van der Waals surface area contributed by atoms with Gasteiger partial charge in [0.15, 0.2) is 0 Å². The number of rotatable bonds is 3. The number of nitrogens with zero attached hydrogens (tertiary/aromatic N) is 1. The van der Waals surface area contributed by atoms with Gasteiger partial charge < -0.3 is 10.1 Å². The van der Waals surface area contributed by atoms with E-state index in [4.69, 9.17) is 4.74 Å². The lowest BCUT2D eigenvalue weighted by molar-refractivity contribution is 0.102. The number of anilines is 1. The number of amides is 1. The Labute approximate surface area is 153 Å². The molecule has 1 heterocycles. The lowest BCUT2D eigenvalue weighted by atomic mass is 9.88. The summed E-state index contributed by atoms with van der Waals surface area (Å²) in [7, 11) is 1.58. The summed E-state index contributed by atoms with van der Waals surface area (Å²) in [6.45, 7) is 2.22. The fourth-order valence-corrected chi connectivity index (χ4v) is 4.84. The maximum Gasteiger partial charge on any atom is 0.256 e. The molecule has 0 bridgehead atoms. The molecule has 1 unspecified atom stereocenters. The number of carbonyl (C=O) groups is 1. The molecule has 6 heteroatoms. The molecule has 1 amide bonds. The van der Waals surface area contributed by atoms with Gasteiger partial charge in [0.05, 0.1) is 17.1 Å². The third kappa shape index (κ3) is 3.19. The van der Waals surface area contributed by atoms with Crippen LogP contribution >= 0.6 is 27.3 Å². The maximum atomic E-state index is 12.5. The summed E-state index contributed by atoms with van der Waals surface area (Å²) in [5, 5.41) is 13.1. The number of hydrogen-bond acceptors (Lipinski definition) is 4. The smallest absolute Gasteiger partial charge is 0.256 e. The van der Waals surface area contributed by atoms with Crippen LogP contribution in [0.4, 0.5) is 5.00 Å². The first kappa shape index (κ1) is 17.0. The van der Waals surface area contributed by atoms with Gasteiger partial charge in [-0.3, -0.25) is 4.79 Å². The number of ether oxygens (including phenoxy) is 1. The Kier molecular flexibility index (Phi) is 4.93. The monoisotopic (exact) mass is 404 g/mol. The van der Waals surface area contributed by atoms with E-state index in [-0.39, 0.29) is 5.91 Å². The molecule has 1 aliphatic rings. The van der Waals surface area contributed by atoms with E-state index in [0.29, 0.717) is 27.8 Å². The summed E-state index contributed by atoms with van der Waals surface area (Å²) in [4.78, 5) is 13.8. The van der Waals surface area contributed by atoms with Gasteiger partial charge in [0.2, 0.25) is 0 Å². The summed E-state index contributed by atoms with van der Waals surface area (Å²) in [6.07, 6.45) is 3.00. The normalized spacial score (nSPS) is 16.2. The van der Waals surface area contributed by atoms with Crippen molar-refractivity contribution < 1.29 is 9.53 Å². The quantitative estimate of drug-likeness (QED) is 0.801. The van der Waals surface area contributed by atoms with Crippen molar-refractivity contribution in [3.63, 3.8) is 0 Å². The lowest BCUT2D eigenvalue weighted by Gasteiger charge is -2.17. The van der Waals surface area contributed by atoms with Crippen LogP contribution in [0.25, 0.3) is 0 Å². The number of benzene rings is 1. The number of nitriles is 1. The van der Waals surface area contributed by atoms with Crippen LogP contribution in [0.5, 0.6) is 5.75 Å². The van der Waals surface area contributed by atoms with E-state index >= 15 is 0 Å². The van der Waals surface area contributed by atoms with E-state index in [2.05, 4.69) is 34.2 Å². The van der Waals surface area contributed by atoms with Gasteiger partial charge in [-0.25, -0.2) is 0 Å². The molecule has 1 aromatic carbocycles. The predicted octanol–water partition coefficient (Wildman–Crippen LogP) is 4.77. The number of nitrogens with one attached hydrogen (secondary N) is 1. The highest BCUT2D eigenvalue weighted by molar-refractivity contribution is 9.10. The first-order valence-electron chi connectivity index (χ1n) is 7.73. The number of fused-ring (bicyclic) bond motifs is 1. The van der Waals surface area contributed by atoms with E-state index in [1.165, 1.54) is 16.2 Å². The van der Waals surface area contributed by atoms with Crippen LogP contribution in [-0.4, -0.2) is 13.0 Å². The molecule has 1 aromatic heterocycles. The van der Waals surface area contributed by atoms with Crippen LogP contribution in [0.1, 0.15) is 39.7 Å². The van der Waals surface area contributed by atoms with E-state index in [9.17, 15) is 10.1 Å². The maximum absolute atomic E-state index is 12.5. The predicted molar refractivity (Wildman–Crippen MR) is 98.9 cm³/mol. The van der Waals surface area contributed by atoms with Gasteiger partial charge in [0.1, 0.15) is 16.8 Å². The molecule has 0 aliphatic heterocycles. The highest BCUT2D eigenvalue weighted by Crippen LogP contribution is 2.39. The van der Waals surface area contributed by atoms with E-state index < -0.39 is 0 Å². The summed E-state index contributed by atoms with van der Waals surface area (Å²) in [5.41, 5.74) is 2.26. The molecule has 0 fully saturated rings. The topological polar surface area (TPSA) is 62.1 Å². The highest BCUT2D eigenvalue weighted by Gasteiger charge is 2.25. The van der Waals surface area contributed by atoms with Crippen LogP contribution in [0, 0.1) is 17.2 Å². The third-order valence-electron chi connectivity index (χ3n) is 4.26. The van der Waals surface area contributed by atoms with Crippen LogP contribution in [0.3, 0.4) is 0 Å². The number of methoxy groups -OCH3 is 1. The molecular formula is C18H17BrN2O2S. The van der Waals surface area contributed by atoms with E-state index in [1.54, 1.807) is 25.3 Å². The molecule has 1 atom stereocenters. The molecule has 0 radical (unpaired) electrons. The minimum Gasteiger partial charge on any atom is -0.496 e. The van der Waals surface area contributed by atoms with Gasteiger partial charge in [-0.1, -0.05) is 6.92 Å². The Morgan fingerprint density at radius 2 is 2.29 bits per heavy atom. The van der Waals surface area contributed by atoms with Crippen LogP contribution in [0.15, 0.2) is 22.7 Å². The fourth-order valence-electron chi connectivity index (χ4n) is 2.94. The number of halogens is 1. The largest absolute Gasteiger partial charge is 0.496 e. The second-order valence-electron chi connectivity index (χ2n) is 5.97. The molecule has 1 aliphatic carbocycles. The molecule has 0 saturated carbocycles. The molecule has 2 aromatic rings. The van der Waals surface area contributed by atoms with Crippen LogP contribution in [0.2, 0.25) is 0 Å². The average Bonchev–Trinajstić information content (AvgIpc) is 2.90. The zero-order valence-electron chi connectivity index (χ0n) is 13.5. The molecular weight excluding hydrogens is 388 g/mol. The molecule has 4 nitrogen and oxygen atoms in total. The van der Waals surface area contributed by atoms with Gasteiger partial charge >= 0.3 is 0 Å². The summed E-state index contributed by atoms with van der Waals surface area (Å²) in [6, 6.07) is 7.44. The number of hydrogen-bond donors (Lipinski definition) is 1. The Bertz CT molecular complexity index is 838. The second-order valence-corrected chi connectivity index (χ2v) is 7.93. The van der Waals surface area contributed by atoms with Crippen molar-refractivity contribution >= 4 is 38.2 Å². The fraction of sp³-hybridized carbons (Fsp3) is 0.333. The summed E-state index contributed by atoms with van der Waals surface area (Å²) < 4.78 is 5.90. The Morgan fingerprint density at radius 3 is 2.96 bits per heavy atom. The lowest BCUT2D eigenvalue weighted by Crippen LogP contribution is -2.12. The molecule has 124 valence electrons. The van der Waals surface area contributed by atoms with E-state index in [1.807, 2.05) is 0 Å². The average molecular weight is 405 g/mol. The molecule has 0 spiro atoms. The minimum absolute atomic E-state index is 0.221. The zero-order chi connectivity index (χ0) is 17.3. The third-order valence-corrected chi connectivity index (χ3v) is 6.05. The van der Waals surface area contributed by atoms with Crippen molar-refractivity contribution in [2.24, 2.45) is 5.92 Å². The zero-order valence-corrected chi connectivity index (χ0v) is 15.9. The Hall–Kier alpha value is -1.84. The molecule has 24 heavy (non-hydrogen) atoms. The minimum atomic E-state index is -0.221. The van der Waals surface area contributed by atoms with Gasteiger partial charge in [-0.15, -0.1) is 11.3 Å². The van der Waals surface area contributed by atoms with Crippen molar-refractivity contribution in [2.75, 3.05) is 12.4 Å². The number of carbonyl (C=O) groups excluding carboxylic acids is 1.